The van der Waals surface area contributed by atoms with Crippen LogP contribution in [0.2, 0.25) is 0 Å². The Hall–Kier alpha value is -2.28. The number of hydrogen-bond donors (Lipinski definition) is 3. The van der Waals surface area contributed by atoms with Gasteiger partial charge in [-0.15, -0.1) is 0 Å². The van der Waals surface area contributed by atoms with Gasteiger partial charge in [0, 0.05) is 24.5 Å². The maximum atomic E-state index is 11.9. The zero-order chi connectivity index (χ0) is 18.1. The molecule has 1 heterocycles. The van der Waals surface area contributed by atoms with Crippen LogP contribution in [0, 0.1) is 5.92 Å². The summed E-state index contributed by atoms with van der Waals surface area (Å²) in [5, 5.41) is 8.25. The number of hydrogen-bond acceptors (Lipinski definition) is 4. The van der Waals surface area contributed by atoms with Crippen molar-refractivity contribution in [1.82, 2.24) is 10.2 Å². The summed E-state index contributed by atoms with van der Waals surface area (Å²) in [5.41, 5.74) is 1.28. The Kier molecular flexibility index (Phi) is 7.53. The maximum Gasteiger partial charge on any atom is 0.411 e. The predicted octanol–water partition coefficient (Wildman–Crippen LogP) is 3.11. The lowest BCUT2D eigenvalue weighted by Crippen LogP contribution is -2.40. The molecule has 1 aliphatic rings. The van der Waals surface area contributed by atoms with Gasteiger partial charge in [0.15, 0.2) is 0 Å². The van der Waals surface area contributed by atoms with Crippen molar-refractivity contribution in [3.8, 4) is 0 Å². The van der Waals surface area contributed by atoms with E-state index in [1.807, 2.05) is 0 Å². The van der Waals surface area contributed by atoms with Gasteiger partial charge in [-0.25, -0.2) is 9.59 Å². The molecule has 1 saturated heterocycles. The van der Waals surface area contributed by atoms with Crippen LogP contribution in [-0.4, -0.2) is 49.8 Å². The molecule has 0 saturated carbocycles. The summed E-state index contributed by atoms with van der Waals surface area (Å²) in [6.07, 6.45) is 1.98. The molecule has 0 radical (unpaired) electrons. The van der Waals surface area contributed by atoms with Gasteiger partial charge in [-0.3, -0.25) is 5.32 Å². The van der Waals surface area contributed by atoms with Gasteiger partial charge >= 0.3 is 12.1 Å². The van der Waals surface area contributed by atoms with Crippen molar-refractivity contribution in [1.29, 1.82) is 0 Å². The van der Waals surface area contributed by atoms with E-state index in [0.29, 0.717) is 24.5 Å². The van der Waals surface area contributed by atoms with Crippen molar-refractivity contribution in [2.45, 2.75) is 26.7 Å². The van der Waals surface area contributed by atoms with Crippen molar-refractivity contribution in [2.24, 2.45) is 5.92 Å². The Morgan fingerprint density at radius 2 is 1.72 bits per heavy atom. The van der Waals surface area contributed by atoms with E-state index in [2.05, 4.69) is 27.8 Å². The lowest BCUT2D eigenvalue weighted by molar-refractivity contribution is 0.168. The first-order valence-electron chi connectivity index (χ1n) is 8.88. The Labute approximate surface area is 149 Å². The molecule has 138 valence electrons. The van der Waals surface area contributed by atoms with Crippen LogP contribution in [0.4, 0.5) is 21.0 Å². The minimum Gasteiger partial charge on any atom is -0.450 e. The lowest BCUT2D eigenvalue weighted by atomic mass is 9.99. The van der Waals surface area contributed by atoms with Crippen LogP contribution in [0.1, 0.15) is 26.7 Å². The minimum absolute atomic E-state index is 0.225. The zero-order valence-electron chi connectivity index (χ0n) is 15.0. The van der Waals surface area contributed by atoms with Crippen LogP contribution in [0.5, 0.6) is 0 Å². The third kappa shape index (κ3) is 7.01. The molecule has 1 aromatic carbocycles. The molecule has 0 unspecified atom stereocenters. The molecule has 2 rings (SSSR count). The Bertz CT molecular complexity index is 554. The Morgan fingerprint density at radius 1 is 1.12 bits per heavy atom. The quantitative estimate of drug-likeness (QED) is 0.738. The number of anilines is 2. The fourth-order valence-electron chi connectivity index (χ4n) is 2.71. The van der Waals surface area contributed by atoms with Crippen LogP contribution in [0.25, 0.3) is 0 Å². The number of urea groups is 1. The third-order valence-electron chi connectivity index (χ3n) is 4.25. The van der Waals surface area contributed by atoms with Crippen LogP contribution in [-0.2, 0) is 4.74 Å². The van der Waals surface area contributed by atoms with Crippen molar-refractivity contribution < 1.29 is 14.3 Å². The molecule has 1 aliphatic heterocycles. The summed E-state index contributed by atoms with van der Waals surface area (Å²) in [7, 11) is 0. The third-order valence-corrected chi connectivity index (χ3v) is 4.25. The van der Waals surface area contributed by atoms with Gasteiger partial charge in [0.2, 0.25) is 0 Å². The Morgan fingerprint density at radius 3 is 2.32 bits per heavy atom. The molecule has 1 aromatic rings. The fraction of sp³-hybridized carbons (Fsp3) is 0.556. The van der Waals surface area contributed by atoms with Crippen LogP contribution < -0.4 is 16.0 Å². The topological polar surface area (TPSA) is 82.7 Å². The molecule has 0 bridgehead atoms. The first-order chi connectivity index (χ1) is 12.1. The first-order valence-corrected chi connectivity index (χ1v) is 8.88. The summed E-state index contributed by atoms with van der Waals surface area (Å²) >= 11 is 0. The number of nitrogens with zero attached hydrogens (tertiary/aromatic N) is 1. The Balaban J connectivity index is 1.67. The van der Waals surface area contributed by atoms with Crippen molar-refractivity contribution in [2.75, 3.05) is 43.4 Å². The second-order valence-corrected chi connectivity index (χ2v) is 6.33. The molecule has 0 aliphatic carbocycles. The molecule has 7 heteroatoms. The lowest BCUT2D eigenvalue weighted by Gasteiger charge is -2.30. The van der Waals surface area contributed by atoms with Crippen molar-refractivity contribution >= 4 is 23.5 Å². The zero-order valence-corrected chi connectivity index (χ0v) is 15.0. The van der Waals surface area contributed by atoms with Crippen LogP contribution in [0.15, 0.2) is 24.3 Å². The van der Waals surface area contributed by atoms with Gasteiger partial charge in [-0.2, -0.15) is 0 Å². The van der Waals surface area contributed by atoms with E-state index in [9.17, 15) is 9.59 Å². The highest BCUT2D eigenvalue weighted by molar-refractivity contribution is 5.90. The van der Waals surface area contributed by atoms with Crippen molar-refractivity contribution in [3.63, 3.8) is 0 Å². The number of rotatable bonds is 6. The molecule has 7 nitrogen and oxygen atoms in total. The van der Waals surface area contributed by atoms with E-state index in [4.69, 9.17) is 4.74 Å². The molecular weight excluding hydrogens is 320 g/mol. The highest BCUT2D eigenvalue weighted by Gasteiger charge is 2.15. The number of carbonyl (C=O) groups is 2. The molecule has 0 atom stereocenters. The molecular formula is C18H28N4O3. The predicted molar refractivity (Wildman–Crippen MR) is 98.9 cm³/mol. The van der Waals surface area contributed by atoms with Gasteiger partial charge < -0.3 is 20.3 Å². The second kappa shape index (κ2) is 9.88. The van der Waals surface area contributed by atoms with E-state index in [0.717, 1.165) is 25.6 Å². The number of likely N-dealkylation sites (tertiary alicyclic amines) is 1. The van der Waals surface area contributed by atoms with Gasteiger partial charge in [0.1, 0.15) is 0 Å². The number of benzene rings is 1. The van der Waals surface area contributed by atoms with E-state index < -0.39 is 6.09 Å². The normalized spacial score (nSPS) is 15.4. The first kappa shape index (κ1) is 19.1. The highest BCUT2D eigenvalue weighted by Crippen LogP contribution is 2.15. The maximum absolute atomic E-state index is 11.9. The molecule has 3 N–H and O–H groups in total. The van der Waals surface area contributed by atoms with E-state index in [-0.39, 0.29) is 6.03 Å². The smallest absolute Gasteiger partial charge is 0.411 e. The van der Waals surface area contributed by atoms with E-state index >= 15 is 0 Å². The average molecular weight is 348 g/mol. The molecule has 0 aromatic heterocycles. The second-order valence-electron chi connectivity index (χ2n) is 6.33. The largest absolute Gasteiger partial charge is 0.450 e. The summed E-state index contributed by atoms with van der Waals surface area (Å²) in [4.78, 5) is 25.6. The molecule has 3 amide bonds. The van der Waals surface area contributed by atoms with Crippen LogP contribution >= 0.6 is 0 Å². The number of carbonyl (C=O) groups excluding carboxylic acids is 2. The molecule has 0 spiro atoms. The number of ether oxygens (including phenoxy) is 1. The average Bonchev–Trinajstić information content (AvgIpc) is 2.59. The summed E-state index contributed by atoms with van der Waals surface area (Å²) < 4.78 is 4.81. The van der Waals surface area contributed by atoms with Crippen LogP contribution in [0.3, 0.4) is 0 Å². The summed E-state index contributed by atoms with van der Waals surface area (Å²) in [6, 6.07) is 6.65. The number of amides is 3. The van der Waals surface area contributed by atoms with Crippen molar-refractivity contribution in [3.05, 3.63) is 24.3 Å². The van der Waals surface area contributed by atoms with E-state index in [1.165, 1.54) is 12.8 Å². The summed E-state index contributed by atoms with van der Waals surface area (Å²) in [6.45, 7) is 8.08. The standard InChI is InChI=1S/C18H28N4O3/c1-3-25-18(24)21-16-6-4-15(5-7-16)20-17(23)19-10-13-22-11-8-14(2)9-12-22/h4-7,14H,3,8-13H2,1-2H3,(H,21,24)(H2,19,20,23). The van der Waals surface area contributed by atoms with E-state index in [1.54, 1.807) is 31.2 Å². The SMILES string of the molecule is CCOC(=O)Nc1ccc(NC(=O)NCCN2CCC(C)CC2)cc1. The van der Waals surface area contributed by atoms with Gasteiger partial charge in [-0.1, -0.05) is 6.92 Å². The fourth-order valence-corrected chi connectivity index (χ4v) is 2.71. The van der Waals surface area contributed by atoms with Gasteiger partial charge in [0.05, 0.1) is 6.61 Å². The number of piperidine rings is 1. The van der Waals surface area contributed by atoms with Gasteiger partial charge in [0.25, 0.3) is 0 Å². The highest BCUT2D eigenvalue weighted by atomic mass is 16.5. The summed E-state index contributed by atoms with van der Waals surface area (Å²) in [5.74, 6) is 0.814. The number of nitrogens with one attached hydrogen (secondary N) is 3. The molecule has 1 fully saturated rings. The van der Waals surface area contributed by atoms with Gasteiger partial charge in [-0.05, 0) is 63.0 Å². The molecule has 25 heavy (non-hydrogen) atoms. The minimum atomic E-state index is -0.493. The monoisotopic (exact) mass is 348 g/mol.